The molecule has 0 aromatic rings. The van der Waals surface area contributed by atoms with Crippen LogP contribution in [0, 0.1) is 0 Å². The SMILES string of the molecule is CCCCC/C=C\C/C=C\C/C=C\C/C=C\CCCCOC(=O)OCCCCCCCC/C=C\CCCCCC. The van der Waals surface area contributed by atoms with E-state index in [-0.39, 0.29) is 0 Å². The van der Waals surface area contributed by atoms with Crippen LogP contribution in [0.15, 0.2) is 60.8 Å². The van der Waals surface area contributed by atoms with Gasteiger partial charge in [0.1, 0.15) is 0 Å². The first-order valence-corrected chi connectivity index (χ1v) is 16.9. The number of carbonyl (C=O) groups excluding carboxylic acids is 1. The molecular formula is C37H64O3. The van der Waals surface area contributed by atoms with Crippen LogP contribution in [0.3, 0.4) is 0 Å². The zero-order valence-corrected chi connectivity index (χ0v) is 26.5. The molecule has 0 fully saturated rings. The summed E-state index contributed by atoms with van der Waals surface area (Å²) in [6.07, 6.45) is 48.2. The maximum Gasteiger partial charge on any atom is 0.508 e. The highest BCUT2D eigenvalue weighted by molar-refractivity contribution is 5.59. The van der Waals surface area contributed by atoms with Crippen LogP contribution < -0.4 is 0 Å². The van der Waals surface area contributed by atoms with Crippen molar-refractivity contribution in [2.45, 2.75) is 155 Å². The van der Waals surface area contributed by atoms with Crippen molar-refractivity contribution in [3.63, 3.8) is 0 Å². The molecule has 3 heteroatoms. The molecule has 0 aliphatic heterocycles. The Bertz CT molecular complexity index is 656. The van der Waals surface area contributed by atoms with Crippen molar-refractivity contribution in [1.29, 1.82) is 0 Å². The molecule has 0 aliphatic carbocycles. The summed E-state index contributed by atoms with van der Waals surface area (Å²) in [5.41, 5.74) is 0. The van der Waals surface area contributed by atoms with Crippen molar-refractivity contribution in [3.05, 3.63) is 60.8 Å². The van der Waals surface area contributed by atoms with Gasteiger partial charge in [-0.25, -0.2) is 4.79 Å². The second-order valence-electron chi connectivity index (χ2n) is 10.8. The minimum Gasteiger partial charge on any atom is -0.434 e. The molecule has 0 radical (unpaired) electrons. The third kappa shape index (κ3) is 34.0. The highest BCUT2D eigenvalue weighted by atomic mass is 16.7. The van der Waals surface area contributed by atoms with Crippen LogP contribution in [-0.2, 0) is 9.47 Å². The molecule has 0 aromatic carbocycles. The van der Waals surface area contributed by atoms with E-state index in [0.29, 0.717) is 13.2 Å². The molecule has 0 unspecified atom stereocenters. The van der Waals surface area contributed by atoms with Crippen molar-refractivity contribution >= 4 is 6.16 Å². The first-order valence-electron chi connectivity index (χ1n) is 16.9. The molecule has 230 valence electrons. The van der Waals surface area contributed by atoms with E-state index < -0.39 is 6.16 Å². The quantitative estimate of drug-likeness (QED) is 0.0522. The van der Waals surface area contributed by atoms with E-state index in [0.717, 1.165) is 51.4 Å². The Labute approximate surface area is 249 Å². The number of carbonyl (C=O) groups is 1. The maximum atomic E-state index is 11.7. The third-order valence-corrected chi connectivity index (χ3v) is 6.82. The van der Waals surface area contributed by atoms with Crippen LogP contribution in [0.1, 0.15) is 155 Å². The lowest BCUT2D eigenvalue weighted by Gasteiger charge is -2.06. The van der Waals surface area contributed by atoms with E-state index in [1.54, 1.807) is 0 Å². The van der Waals surface area contributed by atoms with Crippen LogP contribution in [0.2, 0.25) is 0 Å². The molecule has 0 aromatic heterocycles. The van der Waals surface area contributed by atoms with E-state index in [1.807, 2.05) is 0 Å². The molecule has 0 atom stereocenters. The first kappa shape index (κ1) is 38.0. The largest absolute Gasteiger partial charge is 0.508 e. The van der Waals surface area contributed by atoms with E-state index in [1.165, 1.54) is 89.9 Å². The van der Waals surface area contributed by atoms with Gasteiger partial charge in [0.2, 0.25) is 0 Å². The normalized spacial score (nSPS) is 12.2. The molecular weight excluding hydrogens is 492 g/mol. The molecule has 0 saturated carbocycles. The van der Waals surface area contributed by atoms with Crippen molar-refractivity contribution < 1.29 is 14.3 Å². The van der Waals surface area contributed by atoms with Crippen LogP contribution >= 0.6 is 0 Å². The van der Waals surface area contributed by atoms with Gasteiger partial charge in [-0.15, -0.1) is 0 Å². The topological polar surface area (TPSA) is 35.5 Å². The minimum atomic E-state index is -0.515. The fourth-order valence-electron chi connectivity index (χ4n) is 4.27. The number of hydrogen-bond donors (Lipinski definition) is 0. The van der Waals surface area contributed by atoms with Gasteiger partial charge in [-0.3, -0.25) is 0 Å². The van der Waals surface area contributed by atoms with Crippen molar-refractivity contribution in [2.75, 3.05) is 13.2 Å². The third-order valence-electron chi connectivity index (χ3n) is 6.82. The van der Waals surface area contributed by atoms with Gasteiger partial charge in [-0.05, 0) is 83.5 Å². The average Bonchev–Trinajstić information content (AvgIpc) is 2.96. The Balaban J connectivity index is 3.36. The minimum absolute atomic E-state index is 0.444. The Kier molecular flexibility index (Phi) is 33.2. The highest BCUT2D eigenvalue weighted by Gasteiger charge is 2.02. The predicted octanol–water partition coefficient (Wildman–Crippen LogP) is 12.5. The van der Waals surface area contributed by atoms with Gasteiger partial charge in [0.25, 0.3) is 0 Å². The van der Waals surface area contributed by atoms with E-state index in [2.05, 4.69) is 74.6 Å². The van der Waals surface area contributed by atoms with Gasteiger partial charge in [0.15, 0.2) is 0 Å². The molecule has 0 amide bonds. The van der Waals surface area contributed by atoms with Crippen molar-refractivity contribution in [3.8, 4) is 0 Å². The summed E-state index contributed by atoms with van der Waals surface area (Å²) in [5, 5.41) is 0. The number of hydrogen-bond acceptors (Lipinski definition) is 3. The van der Waals surface area contributed by atoms with Gasteiger partial charge in [-0.1, -0.05) is 132 Å². The van der Waals surface area contributed by atoms with E-state index in [9.17, 15) is 4.79 Å². The Morgan fingerprint density at radius 1 is 0.400 bits per heavy atom. The Hall–Kier alpha value is -2.03. The van der Waals surface area contributed by atoms with Gasteiger partial charge in [0, 0.05) is 0 Å². The Morgan fingerprint density at radius 3 is 1.20 bits per heavy atom. The van der Waals surface area contributed by atoms with Crippen molar-refractivity contribution in [1.82, 2.24) is 0 Å². The van der Waals surface area contributed by atoms with Crippen LogP contribution in [0.25, 0.3) is 0 Å². The summed E-state index contributed by atoms with van der Waals surface area (Å²) in [6.45, 7) is 5.42. The monoisotopic (exact) mass is 556 g/mol. The molecule has 0 saturated heterocycles. The number of allylic oxidation sites excluding steroid dienone is 10. The van der Waals surface area contributed by atoms with Crippen LogP contribution in [0.5, 0.6) is 0 Å². The lowest BCUT2D eigenvalue weighted by molar-refractivity contribution is 0.0530. The summed E-state index contributed by atoms with van der Waals surface area (Å²) < 4.78 is 10.4. The standard InChI is InChI=1S/C37H64O3/c1-3-5-7-9-11-13-15-17-19-20-21-22-24-26-28-30-32-34-36-40-37(38)39-35-33-31-29-27-25-23-18-16-14-12-10-8-6-4-2/h11,13-14,16-17,19,21-22,26,28H,3-10,12,15,18,20,23-25,27,29-36H2,1-2H3/b13-11-,16-14-,19-17-,22-21-,28-26-. The van der Waals surface area contributed by atoms with Crippen LogP contribution in [0.4, 0.5) is 4.79 Å². The van der Waals surface area contributed by atoms with Gasteiger partial charge < -0.3 is 9.47 Å². The second-order valence-corrected chi connectivity index (χ2v) is 10.8. The van der Waals surface area contributed by atoms with Gasteiger partial charge in [-0.2, -0.15) is 0 Å². The van der Waals surface area contributed by atoms with Crippen LogP contribution in [-0.4, -0.2) is 19.4 Å². The van der Waals surface area contributed by atoms with E-state index >= 15 is 0 Å². The van der Waals surface area contributed by atoms with Gasteiger partial charge >= 0.3 is 6.16 Å². The summed E-state index contributed by atoms with van der Waals surface area (Å²) in [4.78, 5) is 11.7. The second kappa shape index (κ2) is 35.0. The molecule has 0 N–H and O–H groups in total. The fraction of sp³-hybridized carbons (Fsp3) is 0.703. The lowest BCUT2D eigenvalue weighted by Crippen LogP contribution is -2.09. The summed E-state index contributed by atoms with van der Waals surface area (Å²) in [7, 11) is 0. The Morgan fingerprint density at radius 2 is 0.700 bits per heavy atom. The zero-order chi connectivity index (χ0) is 29.0. The fourth-order valence-corrected chi connectivity index (χ4v) is 4.27. The summed E-state index contributed by atoms with van der Waals surface area (Å²) in [6, 6.07) is 0. The molecule has 0 rings (SSSR count). The van der Waals surface area contributed by atoms with E-state index in [4.69, 9.17) is 9.47 Å². The first-order chi connectivity index (χ1) is 19.8. The summed E-state index contributed by atoms with van der Waals surface area (Å²) in [5.74, 6) is 0. The smallest absolute Gasteiger partial charge is 0.434 e. The molecule has 0 aliphatic rings. The molecule has 40 heavy (non-hydrogen) atoms. The van der Waals surface area contributed by atoms with Crippen molar-refractivity contribution in [2.24, 2.45) is 0 Å². The highest BCUT2D eigenvalue weighted by Crippen LogP contribution is 2.09. The number of ether oxygens (including phenoxy) is 2. The molecule has 0 bridgehead atoms. The number of rotatable bonds is 29. The van der Waals surface area contributed by atoms with Gasteiger partial charge in [0.05, 0.1) is 13.2 Å². The molecule has 0 heterocycles. The zero-order valence-electron chi connectivity index (χ0n) is 26.5. The maximum absolute atomic E-state index is 11.7. The summed E-state index contributed by atoms with van der Waals surface area (Å²) >= 11 is 0. The average molecular weight is 557 g/mol. The predicted molar refractivity (Wildman–Crippen MR) is 176 cm³/mol. The molecule has 3 nitrogen and oxygen atoms in total. The number of unbranched alkanes of at least 4 members (excludes halogenated alkanes) is 15. The molecule has 0 spiro atoms. The lowest BCUT2D eigenvalue weighted by atomic mass is 10.1.